The number of carbonyl (C=O) groups excluding carboxylic acids is 3. The van der Waals surface area contributed by atoms with Crippen LogP contribution >= 0.6 is 0 Å². The SMILES string of the molecule is CC\C=C/C=C\C=C/C=C\C=C\C=C/C=C\CCCCCC(=O)OCC(COC(=O)CCCCCC/C=C\CCCC)OC(=O)CCCCC/C=C\C/C=C\C/C=C\C/C=C\CC. The lowest BCUT2D eigenvalue weighted by molar-refractivity contribution is -0.167. The average molecular weight is 867 g/mol. The van der Waals surface area contributed by atoms with Gasteiger partial charge in [0.2, 0.25) is 0 Å². The summed E-state index contributed by atoms with van der Waals surface area (Å²) in [7, 11) is 0. The summed E-state index contributed by atoms with van der Waals surface area (Å²) in [6.45, 7) is 6.22. The van der Waals surface area contributed by atoms with Gasteiger partial charge in [-0.2, -0.15) is 0 Å². The van der Waals surface area contributed by atoms with Gasteiger partial charge in [0.15, 0.2) is 6.10 Å². The number of rotatable bonds is 41. The number of allylic oxidation sites excluding steroid dienone is 24. The molecule has 0 aliphatic carbocycles. The fourth-order valence-electron chi connectivity index (χ4n) is 5.86. The Hall–Kier alpha value is -4.71. The Bertz CT molecular complexity index is 1460. The molecule has 0 saturated carbocycles. The van der Waals surface area contributed by atoms with Crippen molar-refractivity contribution in [2.24, 2.45) is 0 Å². The van der Waals surface area contributed by atoms with Crippen LogP contribution in [-0.2, 0) is 28.6 Å². The van der Waals surface area contributed by atoms with Crippen molar-refractivity contribution in [3.05, 3.63) is 146 Å². The number of ether oxygens (including phenoxy) is 3. The molecule has 0 aliphatic rings. The van der Waals surface area contributed by atoms with E-state index >= 15 is 0 Å². The molecular weight excluding hydrogens is 781 g/mol. The average Bonchev–Trinajstić information content (AvgIpc) is 3.28. The molecule has 0 aromatic heterocycles. The van der Waals surface area contributed by atoms with E-state index in [9.17, 15) is 14.4 Å². The maximum Gasteiger partial charge on any atom is 0.306 e. The third kappa shape index (κ3) is 48.2. The van der Waals surface area contributed by atoms with Gasteiger partial charge in [-0.15, -0.1) is 0 Å². The van der Waals surface area contributed by atoms with E-state index in [1.54, 1.807) is 0 Å². The quantitative estimate of drug-likeness (QED) is 0.0200. The molecule has 6 nitrogen and oxygen atoms in total. The third-order valence-corrected chi connectivity index (χ3v) is 9.50. The molecule has 350 valence electrons. The van der Waals surface area contributed by atoms with Crippen LogP contribution in [-0.4, -0.2) is 37.2 Å². The van der Waals surface area contributed by atoms with Crippen molar-refractivity contribution in [1.29, 1.82) is 0 Å². The summed E-state index contributed by atoms with van der Waals surface area (Å²) in [4.78, 5) is 37.9. The number of unbranched alkanes of at least 4 members (excludes halogenated alkanes) is 12. The van der Waals surface area contributed by atoms with E-state index in [2.05, 4.69) is 93.7 Å². The molecule has 0 bridgehead atoms. The highest BCUT2D eigenvalue weighted by Crippen LogP contribution is 2.11. The summed E-state index contributed by atoms with van der Waals surface area (Å²) in [5.74, 6) is -1.03. The Morgan fingerprint density at radius 1 is 0.349 bits per heavy atom. The van der Waals surface area contributed by atoms with E-state index in [-0.39, 0.29) is 44.0 Å². The standard InChI is InChI=1S/C57H86O6/c1-4-7-10-13-16-19-22-24-26-28-29-30-32-33-35-38-41-44-47-50-56(59)62-53-54(52-61-55(58)49-46-43-40-37-21-18-15-12-9-6-3)63-57(60)51-48-45-42-39-36-34-31-27-25-23-20-17-14-11-8-5-2/h7-8,10-11,13,15-20,22,24-30,32-36,54H,4-6,9,12,14,21,23,31,37-53H2,1-3H3/b10-7-,11-8-,16-13-,18-15-,20-17-,22-19-,26-24-,27-25-,29-28+,32-30-,35-33-,36-34-. The largest absolute Gasteiger partial charge is 0.462 e. The first kappa shape index (κ1) is 58.3. The Morgan fingerprint density at radius 2 is 0.698 bits per heavy atom. The first-order chi connectivity index (χ1) is 31.0. The summed E-state index contributed by atoms with van der Waals surface area (Å²) in [5, 5.41) is 0. The highest BCUT2D eigenvalue weighted by atomic mass is 16.6. The summed E-state index contributed by atoms with van der Waals surface area (Å²) in [5.41, 5.74) is 0. The third-order valence-electron chi connectivity index (χ3n) is 9.50. The Kier molecular flexibility index (Phi) is 46.2. The van der Waals surface area contributed by atoms with E-state index in [0.29, 0.717) is 19.3 Å². The van der Waals surface area contributed by atoms with Crippen LogP contribution in [0.4, 0.5) is 0 Å². The Labute approximate surface area is 385 Å². The molecule has 0 heterocycles. The van der Waals surface area contributed by atoms with Crippen molar-refractivity contribution in [1.82, 2.24) is 0 Å². The summed E-state index contributed by atoms with van der Waals surface area (Å²) in [6, 6.07) is 0. The minimum atomic E-state index is -0.824. The zero-order chi connectivity index (χ0) is 45.8. The highest BCUT2D eigenvalue weighted by Gasteiger charge is 2.19. The minimum absolute atomic E-state index is 0.119. The van der Waals surface area contributed by atoms with Crippen molar-refractivity contribution in [2.45, 2.75) is 181 Å². The van der Waals surface area contributed by atoms with Gasteiger partial charge in [0.25, 0.3) is 0 Å². The van der Waals surface area contributed by atoms with Crippen LogP contribution in [0, 0.1) is 0 Å². The monoisotopic (exact) mass is 867 g/mol. The van der Waals surface area contributed by atoms with Gasteiger partial charge in [-0.1, -0.05) is 205 Å². The van der Waals surface area contributed by atoms with Gasteiger partial charge >= 0.3 is 17.9 Å². The number of hydrogen-bond acceptors (Lipinski definition) is 6. The van der Waals surface area contributed by atoms with E-state index < -0.39 is 6.10 Å². The molecule has 6 heteroatoms. The number of carbonyl (C=O) groups is 3. The summed E-state index contributed by atoms with van der Waals surface area (Å²) >= 11 is 0. The number of hydrogen-bond donors (Lipinski definition) is 0. The Balaban J connectivity index is 4.57. The van der Waals surface area contributed by atoms with Crippen LogP contribution in [0.5, 0.6) is 0 Å². The second kappa shape index (κ2) is 49.9. The molecule has 0 spiro atoms. The van der Waals surface area contributed by atoms with E-state index in [4.69, 9.17) is 14.2 Å². The van der Waals surface area contributed by atoms with Crippen molar-refractivity contribution in [3.63, 3.8) is 0 Å². The van der Waals surface area contributed by atoms with Gasteiger partial charge in [-0.3, -0.25) is 14.4 Å². The highest BCUT2D eigenvalue weighted by molar-refractivity contribution is 5.71. The lowest BCUT2D eigenvalue weighted by Crippen LogP contribution is -2.30. The lowest BCUT2D eigenvalue weighted by atomic mass is 10.1. The Morgan fingerprint density at radius 3 is 1.17 bits per heavy atom. The molecule has 1 atom stereocenters. The van der Waals surface area contributed by atoms with Crippen molar-refractivity contribution in [3.8, 4) is 0 Å². The fraction of sp³-hybridized carbons (Fsp3) is 0.526. The van der Waals surface area contributed by atoms with Crippen LogP contribution in [0.2, 0.25) is 0 Å². The first-order valence-corrected chi connectivity index (χ1v) is 24.4. The van der Waals surface area contributed by atoms with E-state index in [1.165, 1.54) is 12.8 Å². The number of esters is 3. The van der Waals surface area contributed by atoms with Gasteiger partial charge in [-0.25, -0.2) is 0 Å². The van der Waals surface area contributed by atoms with Crippen LogP contribution < -0.4 is 0 Å². The second-order valence-electron chi connectivity index (χ2n) is 15.4. The minimum Gasteiger partial charge on any atom is -0.462 e. The van der Waals surface area contributed by atoms with Crippen molar-refractivity contribution >= 4 is 17.9 Å². The molecule has 0 rings (SSSR count). The topological polar surface area (TPSA) is 78.9 Å². The molecule has 0 N–H and O–H groups in total. The predicted octanol–water partition coefficient (Wildman–Crippen LogP) is 16.1. The molecule has 0 aromatic rings. The van der Waals surface area contributed by atoms with Gasteiger partial charge in [0, 0.05) is 19.3 Å². The molecular formula is C57H86O6. The molecule has 0 aliphatic heterocycles. The van der Waals surface area contributed by atoms with Crippen LogP contribution in [0.25, 0.3) is 0 Å². The van der Waals surface area contributed by atoms with Crippen LogP contribution in [0.15, 0.2) is 146 Å². The first-order valence-electron chi connectivity index (χ1n) is 24.4. The summed E-state index contributed by atoms with van der Waals surface area (Å²) in [6.07, 6.45) is 71.1. The lowest BCUT2D eigenvalue weighted by Gasteiger charge is -2.18. The van der Waals surface area contributed by atoms with Gasteiger partial charge in [0.05, 0.1) is 0 Å². The second-order valence-corrected chi connectivity index (χ2v) is 15.4. The van der Waals surface area contributed by atoms with Crippen molar-refractivity contribution in [2.75, 3.05) is 13.2 Å². The molecule has 63 heavy (non-hydrogen) atoms. The smallest absolute Gasteiger partial charge is 0.306 e. The normalized spacial score (nSPS) is 13.4. The zero-order valence-electron chi connectivity index (χ0n) is 39.8. The maximum atomic E-state index is 12.8. The van der Waals surface area contributed by atoms with Gasteiger partial charge < -0.3 is 14.2 Å². The van der Waals surface area contributed by atoms with E-state index in [0.717, 1.165) is 109 Å². The molecule has 0 fully saturated rings. The summed E-state index contributed by atoms with van der Waals surface area (Å²) < 4.78 is 16.7. The molecule has 0 aromatic carbocycles. The molecule has 0 saturated heterocycles. The van der Waals surface area contributed by atoms with Crippen LogP contribution in [0.3, 0.4) is 0 Å². The molecule has 1 unspecified atom stereocenters. The molecule has 0 amide bonds. The maximum absolute atomic E-state index is 12.8. The molecule has 0 radical (unpaired) electrons. The fourth-order valence-corrected chi connectivity index (χ4v) is 5.86. The van der Waals surface area contributed by atoms with E-state index in [1.807, 2.05) is 72.9 Å². The van der Waals surface area contributed by atoms with Crippen molar-refractivity contribution < 1.29 is 28.6 Å². The zero-order valence-corrected chi connectivity index (χ0v) is 39.8. The van der Waals surface area contributed by atoms with Gasteiger partial charge in [0.1, 0.15) is 13.2 Å². The van der Waals surface area contributed by atoms with Crippen LogP contribution in [0.1, 0.15) is 175 Å². The van der Waals surface area contributed by atoms with Gasteiger partial charge in [-0.05, 0) is 96.3 Å². The predicted molar refractivity (Wildman–Crippen MR) is 269 cm³/mol.